The van der Waals surface area contributed by atoms with E-state index in [0.29, 0.717) is 17.6 Å². The van der Waals surface area contributed by atoms with Gasteiger partial charge in [0.15, 0.2) is 0 Å². The van der Waals surface area contributed by atoms with Crippen molar-refractivity contribution < 1.29 is 5.11 Å². The van der Waals surface area contributed by atoms with E-state index in [4.69, 9.17) is 9.97 Å². The number of fused-ring (bicyclic) bond motifs is 4. The van der Waals surface area contributed by atoms with Gasteiger partial charge in [0.05, 0.1) is 16.9 Å². The number of benzene rings is 4. The normalized spacial score (nSPS) is 12.6. The van der Waals surface area contributed by atoms with Crippen molar-refractivity contribution >= 4 is 10.9 Å². The number of aryl methyl sites for hydroxylation is 2. The molecule has 0 atom stereocenters. The number of hydrogen-bond donors (Lipinski definition) is 1. The molecule has 0 aliphatic heterocycles. The van der Waals surface area contributed by atoms with Crippen LogP contribution in [0.2, 0.25) is 0 Å². The molecule has 0 saturated carbocycles. The lowest BCUT2D eigenvalue weighted by molar-refractivity contribution is 0.476. The summed E-state index contributed by atoms with van der Waals surface area (Å²) < 4.78 is 2.30. The molecule has 0 bridgehead atoms. The fourth-order valence-corrected chi connectivity index (χ4v) is 6.53. The second kappa shape index (κ2) is 10.3. The Morgan fingerprint density at radius 3 is 2.24 bits per heavy atom. The Labute approximate surface area is 247 Å². The van der Waals surface area contributed by atoms with Gasteiger partial charge in [0, 0.05) is 34.5 Å². The second-order valence-corrected chi connectivity index (χ2v) is 12.0. The largest absolute Gasteiger partial charge is 0.507 e. The number of imidazole rings is 1. The zero-order valence-corrected chi connectivity index (χ0v) is 24.6. The topological polar surface area (TPSA) is 50.9 Å². The lowest BCUT2D eigenvalue weighted by Gasteiger charge is -2.23. The smallest absolute Gasteiger partial charge is 0.145 e. The molecule has 1 aliphatic carbocycles. The highest BCUT2D eigenvalue weighted by atomic mass is 16.3. The molecule has 0 saturated heterocycles. The molecule has 2 heterocycles. The van der Waals surface area contributed by atoms with Gasteiger partial charge in [-0.2, -0.15) is 0 Å². The molecule has 2 aromatic heterocycles. The molecule has 4 aromatic carbocycles. The number of phenols is 1. The van der Waals surface area contributed by atoms with Crippen molar-refractivity contribution in [1.29, 1.82) is 0 Å². The number of aromatic nitrogens is 3. The molecule has 42 heavy (non-hydrogen) atoms. The summed E-state index contributed by atoms with van der Waals surface area (Å²) in [4.78, 5) is 10.1. The van der Waals surface area contributed by atoms with Gasteiger partial charge in [-0.25, -0.2) is 4.98 Å². The van der Waals surface area contributed by atoms with E-state index in [-0.39, 0.29) is 0 Å². The van der Waals surface area contributed by atoms with E-state index in [9.17, 15) is 5.11 Å². The van der Waals surface area contributed by atoms with Crippen molar-refractivity contribution in [1.82, 2.24) is 14.5 Å². The molecule has 0 fully saturated rings. The molecular formula is C38H35N3O. The summed E-state index contributed by atoms with van der Waals surface area (Å²) in [5, 5.41) is 12.0. The standard InChI is InChI=1S/C38H35N3O/c1-23(2)29-12-7-13-30(24(3)4)37(29)41-22-33(31-14-5-10-27-11-8-20-39-36(27)31)40-38(41)28-19-17-25-16-18-26-9-6-15-34(42)35(26)32(25)21-28/h5-15,17,19-24,42H,16,18H2,1-4H3. The summed E-state index contributed by atoms with van der Waals surface area (Å²) in [6, 6.07) is 29.5. The minimum atomic E-state index is 0.337. The summed E-state index contributed by atoms with van der Waals surface area (Å²) >= 11 is 0. The molecule has 0 radical (unpaired) electrons. The van der Waals surface area contributed by atoms with Crippen molar-refractivity contribution in [3.63, 3.8) is 0 Å². The quantitative estimate of drug-likeness (QED) is 0.233. The van der Waals surface area contributed by atoms with E-state index in [1.165, 1.54) is 27.9 Å². The fraction of sp³-hybridized carbons (Fsp3) is 0.211. The third kappa shape index (κ3) is 4.30. The third-order valence-corrected chi connectivity index (χ3v) is 8.63. The van der Waals surface area contributed by atoms with Crippen LogP contribution in [0.3, 0.4) is 0 Å². The Kier molecular flexibility index (Phi) is 6.42. The number of phenolic OH excluding ortho intramolecular Hbond substituents is 1. The van der Waals surface area contributed by atoms with E-state index >= 15 is 0 Å². The van der Waals surface area contributed by atoms with E-state index < -0.39 is 0 Å². The van der Waals surface area contributed by atoms with Crippen molar-refractivity contribution in [3.8, 4) is 45.2 Å². The van der Waals surface area contributed by atoms with Crippen molar-refractivity contribution in [2.45, 2.75) is 52.4 Å². The maximum atomic E-state index is 10.9. The Bertz CT molecular complexity index is 1930. The number of hydrogen-bond acceptors (Lipinski definition) is 3. The molecule has 0 unspecified atom stereocenters. The SMILES string of the molecule is CC(C)c1cccc(C(C)C)c1-n1cc(-c2cccc3cccnc23)nc1-c1ccc2c(c1)-c1c(O)cccc1CC2. The predicted octanol–water partition coefficient (Wildman–Crippen LogP) is 9.47. The van der Waals surface area contributed by atoms with Gasteiger partial charge in [0.25, 0.3) is 0 Å². The van der Waals surface area contributed by atoms with Crippen LogP contribution in [0.25, 0.3) is 50.4 Å². The molecule has 6 aromatic rings. The zero-order valence-electron chi connectivity index (χ0n) is 24.6. The average Bonchev–Trinajstić information content (AvgIpc) is 3.45. The molecular weight excluding hydrogens is 514 g/mol. The van der Waals surface area contributed by atoms with Crippen LogP contribution in [-0.2, 0) is 12.8 Å². The second-order valence-electron chi connectivity index (χ2n) is 12.0. The van der Waals surface area contributed by atoms with Crippen LogP contribution in [0, 0.1) is 0 Å². The van der Waals surface area contributed by atoms with Gasteiger partial charge in [-0.3, -0.25) is 9.55 Å². The molecule has 7 rings (SSSR count). The summed E-state index contributed by atoms with van der Waals surface area (Å²) in [6.07, 6.45) is 5.93. The first kappa shape index (κ1) is 26.2. The predicted molar refractivity (Wildman–Crippen MR) is 172 cm³/mol. The number of rotatable bonds is 5. The van der Waals surface area contributed by atoms with Gasteiger partial charge < -0.3 is 5.11 Å². The van der Waals surface area contributed by atoms with Crippen LogP contribution in [0.4, 0.5) is 0 Å². The lowest BCUT2D eigenvalue weighted by atomic mass is 9.84. The Morgan fingerprint density at radius 2 is 1.45 bits per heavy atom. The van der Waals surface area contributed by atoms with Gasteiger partial charge in [0.2, 0.25) is 0 Å². The molecule has 208 valence electrons. The third-order valence-electron chi connectivity index (χ3n) is 8.63. The fourth-order valence-electron chi connectivity index (χ4n) is 6.53. The monoisotopic (exact) mass is 549 g/mol. The van der Waals surface area contributed by atoms with Gasteiger partial charge >= 0.3 is 0 Å². The van der Waals surface area contributed by atoms with Crippen LogP contribution >= 0.6 is 0 Å². The van der Waals surface area contributed by atoms with Crippen molar-refractivity contribution in [3.05, 3.63) is 120 Å². The van der Waals surface area contributed by atoms with Gasteiger partial charge in [-0.1, -0.05) is 94.4 Å². The van der Waals surface area contributed by atoms with Gasteiger partial charge in [-0.15, -0.1) is 0 Å². The maximum Gasteiger partial charge on any atom is 0.145 e. The van der Waals surface area contributed by atoms with E-state index in [1.807, 2.05) is 18.3 Å². The maximum absolute atomic E-state index is 10.9. The number of para-hydroxylation sites is 2. The molecule has 4 heteroatoms. The summed E-state index contributed by atoms with van der Waals surface area (Å²) in [6.45, 7) is 9.03. The van der Waals surface area contributed by atoms with E-state index in [2.05, 4.69) is 105 Å². The highest BCUT2D eigenvalue weighted by Gasteiger charge is 2.24. The molecule has 1 aliphatic rings. The molecule has 0 amide bonds. The zero-order chi connectivity index (χ0) is 29.0. The number of pyridine rings is 1. The molecule has 1 N–H and O–H groups in total. The first-order valence-corrected chi connectivity index (χ1v) is 14.9. The van der Waals surface area contributed by atoms with Crippen LogP contribution < -0.4 is 0 Å². The minimum absolute atomic E-state index is 0.337. The van der Waals surface area contributed by atoms with Crippen LogP contribution in [0.5, 0.6) is 5.75 Å². The summed E-state index contributed by atoms with van der Waals surface area (Å²) in [7, 11) is 0. The lowest BCUT2D eigenvalue weighted by Crippen LogP contribution is -2.08. The van der Waals surface area contributed by atoms with Crippen LogP contribution in [0.1, 0.15) is 61.8 Å². The highest BCUT2D eigenvalue weighted by Crippen LogP contribution is 2.43. The van der Waals surface area contributed by atoms with Crippen molar-refractivity contribution in [2.75, 3.05) is 0 Å². The Morgan fingerprint density at radius 1 is 0.738 bits per heavy atom. The minimum Gasteiger partial charge on any atom is -0.507 e. The number of aromatic hydroxyl groups is 1. The first-order chi connectivity index (χ1) is 20.4. The Hall–Kier alpha value is -4.70. The van der Waals surface area contributed by atoms with Crippen LogP contribution in [0.15, 0.2) is 97.3 Å². The highest BCUT2D eigenvalue weighted by molar-refractivity contribution is 5.93. The first-order valence-electron chi connectivity index (χ1n) is 14.9. The summed E-state index contributed by atoms with van der Waals surface area (Å²) in [5.74, 6) is 1.90. The van der Waals surface area contributed by atoms with E-state index in [0.717, 1.165) is 57.5 Å². The molecule has 4 nitrogen and oxygen atoms in total. The summed E-state index contributed by atoms with van der Waals surface area (Å²) in [5.41, 5.74) is 12.2. The van der Waals surface area contributed by atoms with Gasteiger partial charge in [-0.05, 0) is 70.7 Å². The molecule has 0 spiro atoms. The average molecular weight is 550 g/mol. The number of nitrogens with zero attached hydrogens (tertiary/aromatic N) is 3. The van der Waals surface area contributed by atoms with Crippen LogP contribution in [-0.4, -0.2) is 19.6 Å². The van der Waals surface area contributed by atoms with E-state index in [1.54, 1.807) is 6.07 Å². The van der Waals surface area contributed by atoms with Gasteiger partial charge in [0.1, 0.15) is 11.6 Å². The van der Waals surface area contributed by atoms with Crippen molar-refractivity contribution in [2.24, 2.45) is 0 Å². The Balaban J connectivity index is 1.52.